The number of benzene rings is 1. The van der Waals surface area contributed by atoms with E-state index in [0.717, 1.165) is 25.7 Å². The first kappa shape index (κ1) is 16.1. The van der Waals surface area contributed by atoms with Crippen molar-refractivity contribution in [3.63, 3.8) is 0 Å². The van der Waals surface area contributed by atoms with Gasteiger partial charge in [-0.3, -0.25) is 9.59 Å². The third kappa shape index (κ3) is 3.93. The van der Waals surface area contributed by atoms with Gasteiger partial charge in [0.2, 0.25) is 0 Å². The summed E-state index contributed by atoms with van der Waals surface area (Å²) in [6, 6.07) is 7.03. The van der Waals surface area contributed by atoms with Crippen molar-refractivity contribution >= 4 is 18.0 Å². The van der Waals surface area contributed by atoms with E-state index in [2.05, 4.69) is 5.32 Å². The molecule has 2 saturated carbocycles. The molecule has 0 atom stereocenters. The molecule has 1 N–H and O–H groups in total. The van der Waals surface area contributed by atoms with Gasteiger partial charge in [0.15, 0.2) is 11.5 Å². The minimum atomic E-state index is -0.372. The van der Waals surface area contributed by atoms with E-state index in [1.165, 1.54) is 13.2 Å². The monoisotopic (exact) mass is 326 g/mol. The number of nitrogens with one attached hydrogen (secondary N) is 1. The van der Waals surface area contributed by atoms with Crippen LogP contribution in [0.5, 0.6) is 11.5 Å². The van der Waals surface area contributed by atoms with E-state index in [4.69, 9.17) is 9.47 Å². The van der Waals surface area contributed by atoms with Gasteiger partial charge in [0, 0.05) is 6.04 Å². The van der Waals surface area contributed by atoms with Crippen molar-refractivity contribution < 1.29 is 19.1 Å². The number of hydrogen-bond acceptors (Lipinski definition) is 5. The summed E-state index contributed by atoms with van der Waals surface area (Å²) in [6.45, 7) is 0. The molecule has 0 heterocycles. The molecule has 2 aliphatic carbocycles. The lowest BCUT2D eigenvalue weighted by atomic mass is 10.1. The number of hydrogen-bond donors (Lipinski definition) is 1. The van der Waals surface area contributed by atoms with Gasteiger partial charge in [-0.25, -0.2) is 0 Å². The van der Waals surface area contributed by atoms with Crippen molar-refractivity contribution in [1.29, 1.82) is 5.26 Å². The number of carbonyl (C=O) groups excluding carboxylic acids is 2. The van der Waals surface area contributed by atoms with Crippen molar-refractivity contribution in [2.45, 2.75) is 31.7 Å². The van der Waals surface area contributed by atoms with E-state index in [-0.39, 0.29) is 29.4 Å². The SMILES string of the molecule is COc1cc(/C=C(\C#N)C(=O)NC2CC2)ccc1OC(=O)C1CC1. The first-order chi connectivity index (χ1) is 11.6. The Kier molecular flexibility index (Phi) is 4.52. The van der Waals surface area contributed by atoms with Crippen molar-refractivity contribution in [1.82, 2.24) is 5.32 Å². The average Bonchev–Trinajstić information content (AvgIpc) is 3.46. The van der Waals surface area contributed by atoms with Crippen LogP contribution in [-0.4, -0.2) is 25.0 Å². The number of carbonyl (C=O) groups is 2. The van der Waals surface area contributed by atoms with Gasteiger partial charge in [0.1, 0.15) is 11.6 Å². The molecule has 0 aromatic heterocycles. The van der Waals surface area contributed by atoms with E-state index in [0.29, 0.717) is 17.1 Å². The Balaban J connectivity index is 1.77. The van der Waals surface area contributed by atoms with Crippen LogP contribution in [0.3, 0.4) is 0 Å². The van der Waals surface area contributed by atoms with Gasteiger partial charge in [-0.05, 0) is 49.5 Å². The zero-order valence-electron chi connectivity index (χ0n) is 13.4. The Bertz CT molecular complexity index is 740. The van der Waals surface area contributed by atoms with Crippen molar-refractivity contribution in [3.05, 3.63) is 29.3 Å². The lowest BCUT2D eigenvalue weighted by Crippen LogP contribution is -2.26. The molecule has 2 fully saturated rings. The summed E-state index contributed by atoms with van der Waals surface area (Å²) in [5, 5.41) is 12.0. The number of amides is 1. The van der Waals surface area contributed by atoms with Gasteiger partial charge in [-0.15, -0.1) is 0 Å². The maximum atomic E-state index is 12.0. The van der Waals surface area contributed by atoms with Crippen LogP contribution in [-0.2, 0) is 9.59 Å². The number of ether oxygens (including phenoxy) is 2. The highest BCUT2D eigenvalue weighted by Crippen LogP contribution is 2.34. The van der Waals surface area contributed by atoms with Gasteiger partial charge in [0.25, 0.3) is 5.91 Å². The second kappa shape index (κ2) is 6.75. The Labute approximate surface area is 140 Å². The molecule has 3 rings (SSSR count). The smallest absolute Gasteiger partial charge is 0.314 e. The molecule has 6 nitrogen and oxygen atoms in total. The Hall–Kier alpha value is -2.81. The molecule has 1 aromatic carbocycles. The van der Waals surface area contributed by atoms with Crippen LogP contribution in [0, 0.1) is 17.2 Å². The third-order valence-electron chi connectivity index (χ3n) is 3.90. The summed E-state index contributed by atoms with van der Waals surface area (Å²) < 4.78 is 10.6. The number of methoxy groups -OCH3 is 1. The lowest BCUT2D eigenvalue weighted by molar-refractivity contribution is -0.135. The molecular weight excluding hydrogens is 308 g/mol. The second-order valence-electron chi connectivity index (χ2n) is 6.02. The van der Waals surface area contributed by atoms with Gasteiger partial charge < -0.3 is 14.8 Å². The molecule has 1 amide bonds. The maximum absolute atomic E-state index is 12.0. The average molecular weight is 326 g/mol. The zero-order valence-corrected chi connectivity index (χ0v) is 13.4. The summed E-state index contributed by atoms with van der Waals surface area (Å²) in [6.07, 6.45) is 5.14. The van der Waals surface area contributed by atoms with Crippen LogP contribution >= 0.6 is 0 Å². The molecule has 0 unspecified atom stereocenters. The van der Waals surface area contributed by atoms with Crippen LogP contribution in [0.25, 0.3) is 6.08 Å². The summed E-state index contributed by atoms with van der Waals surface area (Å²) in [5.74, 6) is 0.0945. The highest BCUT2D eigenvalue weighted by Gasteiger charge is 2.32. The fraction of sp³-hybridized carbons (Fsp3) is 0.389. The first-order valence-electron chi connectivity index (χ1n) is 7.93. The van der Waals surface area contributed by atoms with Crippen molar-refractivity contribution in [2.24, 2.45) is 5.92 Å². The maximum Gasteiger partial charge on any atom is 0.314 e. The zero-order chi connectivity index (χ0) is 17.1. The summed E-state index contributed by atoms with van der Waals surface area (Å²) in [7, 11) is 1.47. The highest BCUT2D eigenvalue weighted by molar-refractivity contribution is 6.02. The molecule has 0 aliphatic heterocycles. The molecule has 0 saturated heterocycles. The molecule has 0 bridgehead atoms. The van der Waals surface area contributed by atoms with Crippen LogP contribution < -0.4 is 14.8 Å². The van der Waals surface area contributed by atoms with Crippen LogP contribution in [0.1, 0.15) is 31.2 Å². The van der Waals surface area contributed by atoms with Crippen LogP contribution in [0.4, 0.5) is 0 Å². The number of nitriles is 1. The molecular formula is C18H18N2O4. The number of nitrogens with zero attached hydrogens (tertiary/aromatic N) is 1. The largest absolute Gasteiger partial charge is 0.493 e. The second-order valence-corrected chi connectivity index (χ2v) is 6.02. The Morgan fingerprint density at radius 3 is 2.58 bits per heavy atom. The molecule has 0 spiro atoms. The quantitative estimate of drug-likeness (QED) is 0.375. The topological polar surface area (TPSA) is 88.4 Å². The van der Waals surface area contributed by atoms with Crippen LogP contribution in [0.2, 0.25) is 0 Å². The van der Waals surface area contributed by atoms with E-state index in [9.17, 15) is 14.9 Å². The molecule has 1 aromatic rings. The summed E-state index contributed by atoms with van der Waals surface area (Å²) in [4.78, 5) is 23.7. The Morgan fingerprint density at radius 2 is 2.00 bits per heavy atom. The lowest BCUT2D eigenvalue weighted by Gasteiger charge is -2.10. The minimum absolute atomic E-state index is 0.00871. The van der Waals surface area contributed by atoms with Crippen LogP contribution in [0.15, 0.2) is 23.8 Å². The molecule has 2 aliphatic rings. The molecule has 0 radical (unpaired) electrons. The normalized spacial score (nSPS) is 16.9. The molecule has 124 valence electrons. The third-order valence-corrected chi connectivity index (χ3v) is 3.90. The standard InChI is InChI=1S/C18H18N2O4/c1-23-16-9-11(2-7-15(16)24-18(22)12-3-4-12)8-13(10-19)17(21)20-14-5-6-14/h2,7-9,12,14H,3-6H2,1H3,(H,20,21)/b13-8+. The predicted molar refractivity (Wildman–Crippen MR) is 86.1 cm³/mol. The van der Waals surface area contributed by atoms with E-state index >= 15 is 0 Å². The molecule has 24 heavy (non-hydrogen) atoms. The minimum Gasteiger partial charge on any atom is -0.493 e. The van der Waals surface area contributed by atoms with Gasteiger partial charge in [-0.1, -0.05) is 6.07 Å². The summed E-state index contributed by atoms with van der Waals surface area (Å²) in [5.41, 5.74) is 0.659. The van der Waals surface area contributed by atoms with E-state index in [1.807, 2.05) is 6.07 Å². The Morgan fingerprint density at radius 1 is 1.25 bits per heavy atom. The molecule has 6 heteroatoms. The summed E-state index contributed by atoms with van der Waals surface area (Å²) >= 11 is 0. The first-order valence-corrected chi connectivity index (χ1v) is 7.93. The number of rotatable bonds is 6. The van der Waals surface area contributed by atoms with Crippen molar-refractivity contribution in [3.8, 4) is 17.6 Å². The van der Waals surface area contributed by atoms with Gasteiger partial charge >= 0.3 is 5.97 Å². The van der Waals surface area contributed by atoms with E-state index in [1.54, 1.807) is 18.2 Å². The highest BCUT2D eigenvalue weighted by atomic mass is 16.6. The van der Waals surface area contributed by atoms with Gasteiger partial charge in [-0.2, -0.15) is 5.26 Å². The van der Waals surface area contributed by atoms with E-state index < -0.39 is 0 Å². The fourth-order valence-corrected chi connectivity index (χ4v) is 2.18. The van der Waals surface area contributed by atoms with Crippen molar-refractivity contribution in [2.75, 3.05) is 7.11 Å². The fourth-order valence-electron chi connectivity index (χ4n) is 2.18. The number of esters is 1. The predicted octanol–water partition coefficient (Wildman–Crippen LogP) is 2.20. The van der Waals surface area contributed by atoms with Gasteiger partial charge in [0.05, 0.1) is 13.0 Å².